The molecule has 3 atom stereocenters. The highest BCUT2D eigenvalue weighted by Gasteiger charge is 2.54. The number of amides is 4. The van der Waals surface area contributed by atoms with E-state index >= 15 is 0 Å². The van der Waals surface area contributed by atoms with Crippen LogP contribution in [-0.2, 0) is 40.7 Å². The zero-order chi connectivity index (χ0) is 62.2. The Morgan fingerprint density at radius 1 is 0.636 bits per heavy atom. The number of unbranched alkanes of at least 4 members (excludes halogenated alkanes) is 1. The molecular formula is C64H56N10O13S. The number of ether oxygens (including phenoxy) is 2. The number of carbonyl (C=O) groups excluding carboxylic acids is 5. The summed E-state index contributed by atoms with van der Waals surface area (Å²) in [6.45, 7) is 3.60. The van der Waals surface area contributed by atoms with Crippen molar-refractivity contribution in [3.8, 4) is 34.8 Å². The van der Waals surface area contributed by atoms with Gasteiger partial charge < -0.3 is 61.8 Å². The molecule has 23 nitrogen and oxygen atoms in total. The van der Waals surface area contributed by atoms with E-state index in [2.05, 4.69) is 63.7 Å². The highest BCUT2D eigenvalue weighted by Crippen LogP contribution is 2.57. The van der Waals surface area contributed by atoms with Crippen LogP contribution in [0, 0.1) is 25.7 Å². The summed E-state index contributed by atoms with van der Waals surface area (Å²) in [5, 5.41) is 56.7. The lowest BCUT2D eigenvalue weighted by Crippen LogP contribution is -2.49. The fraction of sp³-hybridized carbons (Fsp3) is 0.219. The molecule has 0 bridgehead atoms. The summed E-state index contributed by atoms with van der Waals surface area (Å²) in [4.78, 5) is 110. The van der Waals surface area contributed by atoms with Crippen molar-refractivity contribution in [3.63, 3.8) is 0 Å². The van der Waals surface area contributed by atoms with Gasteiger partial charge in [0.2, 0.25) is 17.7 Å². The summed E-state index contributed by atoms with van der Waals surface area (Å²) in [5.41, 5.74) is 6.75. The van der Waals surface area contributed by atoms with Crippen LogP contribution in [0.25, 0.3) is 22.1 Å². The van der Waals surface area contributed by atoms with Crippen molar-refractivity contribution >= 4 is 86.6 Å². The van der Waals surface area contributed by atoms with Gasteiger partial charge in [-0.05, 0) is 136 Å². The molecule has 0 aliphatic carbocycles. The number of hydrogen-bond acceptors (Lipinski definition) is 16. The van der Waals surface area contributed by atoms with Gasteiger partial charge in [-0.1, -0.05) is 30.0 Å². The van der Waals surface area contributed by atoms with Gasteiger partial charge in [0, 0.05) is 89.5 Å². The largest absolute Gasteiger partial charge is 0.508 e. The number of fused-ring (bicyclic) bond motifs is 8. The third-order valence-electron chi connectivity index (χ3n) is 14.7. The Morgan fingerprint density at radius 2 is 1.30 bits per heavy atom. The van der Waals surface area contributed by atoms with Crippen LogP contribution in [0.5, 0.6) is 23.0 Å². The second-order valence-electron chi connectivity index (χ2n) is 20.9. The van der Waals surface area contributed by atoms with Gasteiger partial charge in [-0.25, -0.2) is 24.4 Å². The number of thiocarbonyl (C=S) groups is 1. The molecule has 2 aromatic heterocycles. The van der Waals surface area contributed by atoms with E-state index in [1.807, 2.05) is 25.1 Å². The molecule has 0 unspecified atom stereocenters. The minimum absolute atomic E-state index is 0.000546. The quantitative estimate of drug-likeness (QED) is 0.0178. The topological polar surface area (TPSA) is 343 Å². The molecule has 2 aliphatic heterocycles. The molecular weight excluding hydrogens is 1150 g/mol. The lowest BCUT2D eigenvalue weighted by atomic mass is 9.77. The molecule has 8 aromatic rings. The van der Waals surface area contributed by atoms with Crippen molar-refractivity contribution in [1.82, 2.24) is 46.5 Å². The number of phenols is 2. The number of aromatic nitrogens is 4. The first-order chi connectivity index (χ1) is 42.3. The fourth-order valence-corrected chi connectivity index (χ4v) is 10.5. The number of anilines is 1. The Kier molecular flexibility index (Phi) is 17.8. The van der Waals surface area contributed by atoms with Gasteiger partial charge in [0.05, 0.1) is 45.4 Å². The van der Waals surface area contributed by atoms with E-state index in [4.69, 9.17) is 21.7 Å². The van der Waals surface area contributed by atoms with Crippen molar-refractivity contribution < 1.29 is 63.5 Å². The van der Waals surface area contributed by atoms with Crippen molar-refractivity contribution in [2.45, 2.75) is 76.1 Å². The monoisotopic (exact) mass is 1200 g/mol. The van der Waals surface area contributed by atoms with E-state index in [-0.39, 0.29) is 71.6 Å². The average molecular weight is 1210 g/mol. The normalized spacial score (nSPS) is 13.4. The maximum absolute atomic E-state index is 13.9. The van der Waals surface area contributed by atoms with Crippen LogP contribution < -0.4 is 36.6 Å². The standard InChI is InChI=1S/C64H56N10O13S/c1-34-35(2)70-51-29-39(12-20-48(51)69-34)58(79)74-52(28-38-7-5-6-36(26-38)9-10-37-11-19-47-50(27-37)66-25-24-65-47)59(80)67-23-21-56(77)73-53(61(83)84)33-57(78)72-49(60(81)82)8-3-4-22-68-63(88)71-40-13-16-44-43(30-40)62(85)87-64(44)45-17-14-41(75)31-54(45)86-55-32-42(76)15-18-46(55)64/h5-7,11-20,24-27,29-32,49,52-53,75-76H,3-4,8,21-23,28,33H2,1-2H3,(H,67,80)(H,72,78)(H,73,77)(H,74,79)(H,81,82)(H,83,84)(H2,68,71,88)/t49-,52-,53-/m1/s1. The lowest BCUT2D eigenvalue weighted by Gasteiger charge is -2.36. The highest BCUT2D eigenvalue weighted by atomic mass is 32.1. The molecule has 1 spiro atoms. The van der Waals surface area contributed by atoms with Gasteiger partial charge in [-0.3, -0.25) is 29.1 Å². The summed E-state index contributed by atoms with van der Waals surface area (Å²) in [5.74, 6) is -0.0318. The second kappa shape index (κ2) is 26.1. The summed E-state index contributed by atoms with van der Waals surface area (Å²) in [6.07, 6.45) is 2.58. The zero-order valence-corrected chi connectivity index (χ0v) is 48.0. The Balaban J connectivity index is 0.698. The average Bonchev–Trinajstić information content (AvgIpc) is 1.48. The first kappa shape index (κ1) is 60.1. The smallest absolute Gasteiger partial charge is 0.340 e. The first-order valence-electron chi connectivity index (χ1n) is 27.8. The SMILES string of the molecule is Cc1nc2ccc(C(=O)N[C@H](Cc3cccc(C#Cc4ccc5nccnc5c4)c3)C(=O)NCCC(=O)N[C@H](CC(=O)N[C@H](CCCCNC(=S)Nc3ccc4c(c3)C(=O)OC43c4ccc(O)cc4Oc4cc(O)ccc43)C(=O)O)C(=O)O)cc2nc1C. The van der Waals surface area contributed by atoms with Crippen LogP contribution in [-0.4, -0.2) is 118 Å². The number of nitrogens with zero attached hydrogens (tertiary/aromatic N) is 4. The molecule has 88 heavy (non-hydrogen) atoms. The number of carbonyl (C=O) groups is 7. The lowest BCUT2D eigenvalue weighted by molar-refractivity contribution is -0.144. The van der Waals surface area contributed by atoms with Gasteiger partial charge in [0.15, 0.2) is 10.7 Å². The molecule has 0 saturated carbocycles. The second-order valence-corrected chi connectivity index (χ2v) is 21.3. The molecule has 10 rings (SSSR count). The van der Waals surface area contributed by atoms with E-state index in [1.54, 1.807) is 92.1 Å². The molecule has 0 radical (unpaired) electrons. The van der Waals surface area contributed by atoms with Crippen LogP contribution in [0.2, 0.25) is 0 Å². The third kappa shape index (κ3) is 13.7. The minimum Gasteiger partial charge on any atom is -0.508 e. The summed E-state index contributed by atoms with van der Waals surface area (Å²) >= 11 is 5.50. The van der Waals surface area contributed by atoms with Gasteiger partial charge >= 0.3 is 17.9 Å². The number of hydrogen-bond donors (Lipinski definition) is 10. The van der Waals surface area contributed by atoms with Crippen molar-refractivity contribution in [1.29, 1.82) is 0 Å². The minimum atomic E-state index is -1.76. The maximum Gasteiger partial charge on any atom is 0.340 e. The molecule has 10 N–H and O–H groups in total. The number of aliphatic carboxylic acids is 2. The third-order valence-corrected chi connectivity index (χ3v) is 14.9. The summed E-state index contributed by atoms with van der Waals surface area (Å²) in [7, 11) is 0. The van der Waals surface area contributed by atoms with Crippen LogP contribution in [0.3, 0.4) is 0 Å². The number of carboxylic acids is 2. The van der Waals surface area contributed by atoms with Crippen molar-refractivity contribution in [2.24, 2.45) is 0 Å². The molecule has 2 aliphatic rings. The number of carboxylic acid groups (broad SMARTS) is 2. The van der Waals surface area contributed by atoms with Crippen LogP contribution in [0.4, 0.5) is 5.69 Å². The molecule has 446 valence electrons. The first-order valence-corrected chi connectivity index (χ1v) is 28.2. The van der Waals surface area contributed by atoms with Crippen LogP contribution in [0.1, 0.15) is 97.6 Å². The highest BCUT2D eigenvalue weighted by molar-refractivity contribution is 7.80. The number of phenolic OH excluding ortho intramolecular Hbond substituents is 2. The Labute approximate surface area is 507 Å². The van der Waals surface area contributed by atoms with Crippen LogP contribution in [0.15, 0.2) is 128 Å². The van der Waals surface area contributed by atoms with E-state index in [0.717, 1.165) is 11.2 Å². The van der Waals surface area contributed by atoms with Crippen molar-refractivity contribution in [2.75, 3.05) is 18.4 Å². The number of benzene rings is 6. The van der Waals surface area contributed by atoms with E-state index in [9.17, 15) is 54.0 Å². The number of esters is 1. The Bertz CT molecular complexity index is 4170. The maximum atomic E-state index is 13.9. The number of nitrogens with one attached hydrogen (secondary N) is 6. The predicted molar refractivity (Wildman–Crippen MR) is 323 cm³/mol. The van der Waals surface area contributed by atoms with Gasteiger partial charge in [0.25, 0.3) is 5.91 Å². The molecule has 24 heteroatoms. The molecule has 0 fully saturated rings. The molecule has 4 amide bonds. The van der Waals surface area contributed by atoms with Gasteiger partial charge in [0.1, 0.15) is 41.1 Å². The van der Waals surface area contributed by atoms with E-state index in [1.165, 1.54) is 24.3 Å². The summed E-state index contributed by atoms with van der Waals surface area (Å²) < 4.78 is 12.1. The van der Waals surface area contributed by atoms with Gasteiger partial charge in [-0.2, -0.15) is 0 Å². The zero-order valence-electron chi connectivity index (χ0n) is 47.2. The van der Waals surface area contributed by atoms with E-state index < -0.39 is 78.1 Å². The van der Waals surface area contributed by atoms with E-state index in [0.29, 0.717) is 67.7 Å². The fourth-order valence-electron chi connectivity index (χ4n) is 10.2. The number of aromatic hydroxyl groups is 2. The molecule has 6 aromatic carbocycles. The number of aryl methyl sites for hydroxylation is 2. The van der Waals surface area contributed by atoms with Crippen LogP contribution >= 0.6 is 12.2 Å². The number of rotatable bonds is 20. The van der Waals surface area contributed by atoms with Gasteiger partial charge in [-0.15, -0.1) is 0 Å². The molecule has 4 heterocycles. The Morgan fingerprint density at radius 3 is 2.01 bits per heavy atom. The predicted octanol–water partition coefficient (Wildman–Crippen LogP) is 6.10. The molecule has 0 saturated heterocycles. The van der Waals surface area contributed by atoms with Crippen molar-refractivity contribution in [3.05, 3.63) is 184 Å². The summed E-state index contributed by atoms with van der Waals surface area (Å²) in [6, 6.07) is 26.9. The Hall–Kier alpha value is -11.1.